The summed E-state index contributed by atoms with van der Waals surface area (Å²) in [6, 6.07) is 11.7. The minimum Gasteiger partial charge on any atom is -0.494 e. The topological polar surface area (TPSA) is 61.1 Å². The maximum atomic E-state index is 13.5. The van der Waals surface area contributed by atoms with E-state index in [9.17, 15) is 4.79 Å². The predicted octanol–water partition coefficient (Wildman–Crippen LogP) is 4.89. The number of benzene rings is 2. The summed E-state index contributed by atoms with van der Waals surface area (Å²) >= 11 is 0. The summed E-state index contributed by atoms with van der Waals surface area (Å²) < 4.78 is 23.0. The molecule has 0 bridgehead atoms. The van der Waals surface area contributed by atoms with Crippen molar-refractivity contribution in [3.8, 4) is 17.2 Å². The standard InChI is InChI=1S/C24H25NO5/c1-3-27-17-7-9-20-18(14-17)15(2)23(30-20)24(26)25-10-4-5-19(25)16-6-8-21-22(13-16)29-12-11-28-21/h6-9,13-14,19H,3-5,10-12H2,1-2H3. The average molecular weight is 407 g/mol. The monoisotopic (exact) mass is 407 g/mol. The summed E-state index contributed by atoms with van der Waals surface area (Å²) in [5.41, 5.74) is 2.62. The van der Waals surface area contributed by atoms with Gasteiger partial charge in [0.2, 0.25) is 0 Å². The molecular formula is C24H25NO5. The molecule has 1 atom stereocenters. The molecule has 0 spiro atoms. The Morgan fingerprint density at radius 3 is 2.80 bits per heavy atom. The molecule has 3 heterocycles. The van der Waals surface area contributed by atoms with Crippen LogP contribution in [0.25, 0.3) is 11.0 Å². The van der Waals surface area contributed by atoms with Gasteiger partial charge in [0, 0.05) is 17.5 Å². The highest BCUT2D eigenvalue weighted by molar-refractivity contribution is 5.99. The summed E-state index contributed by atoms with van der Waals surface area (Å²) in [4.78, 5) is 15.4. The number of carbonyl (C=O) groups is 1. The van der Waals surface area contributed by atoms with Gasteiger partial charge in [0.1, 0.15) is 24.5 Å². The van der Waals surface area contributed by atoms with Crippen molar-refractivity contribution in [3.63, 3.8) is 0 Å². The molecular weight excluding hydrogens is 382 g/mol. The van der Waals surface area contributed by atoms with Crippen molar-refractivity contribution in [3.05, 3.63) is 53.3 Å². The van der Waals surface area contributed by atoms with Crippen LogP contribution >= 0.6 is 0 Å². The fourth-order valence-corrected chi connectivity index (χ4v) is 4.41. The van der Waals surface area contributed by atoms with Gasteiger partial charge in [0.05, 0.1) is 12.6 Å². The minimum absolute atomic E-state index is 0.0000699. The smallest absolute Gasteiger partial charge is 0.290 e. The molecule has 2 aliphatic heterocycles. The van der Waals surface area contributed by atoms with Crippen molar-refractivity contribution in [2.75, 3.05) is 26.4 Å². The Balaban J connectivity index is 1.46. The number of hydrogen-bond acceptors (Lipinski definition) is 5. The molecule has 3 aromatic rings. The van der Waals surface area contributed by atoms with E-state index in [1.165, 1.54) is 0 Å². The summed E-state index contributed by atoms with van der Waals surface area (Å²) in [6.45, 7) is 6.30. The van der Waals surface area contributed by atoms with Crippen LogP contribution < -0.4 is 14.2 Å². The molecule has 1 unspecified atom stereocenters. The van der Waals surface area contributed by atoms with Crippen molar-refractivity contribution in [2.24, 2.45) is 0 Å². The van der Waals surface area contributed by atoms with E-state index in [1.807, 2.05) is 55.1 Å². The minimum atomic E-state index is -0.0703. The molecule has 1 aromatic heterocycles. The van der Waals surface area contributed by atoms with Gasteiger partial charge in [-0.05, 0) is 62.6 Å². The third-order valence-electron chi connectivity index (χ3n) is 5.88. The largest absolute Gasteiger partial charge is 0.494 e. The van der Waals surface area contributed by atoms with Crippen LogP contribution in [-0.4, -0.2) is 37.2 Å². The summed E-state index contributed by atoms with van der Waals surface area (Å²) in [5.74, 6) is 2.63. The lowest BCUT2D eigenvalue weighted by molar-refractivity contribution is 0.0704. The second kappa shape index (κ2) is 7.59. The van der Waals surface area contributed by atoms with Gasteiger partial charge in [0.15, 0.2) is 17.3 Å². The van der Waals surface area contributed by atoms with E-state index in [2.05, 4.69) is 0 Å². The van der Waals surface area contributed by atoms with Gasteiger partial charge < -0.3 is 23.5 Å². The Morgan fingerprint density at radius 1 is 1.13 bits per heavy atom. The van der Waals surface area contributed by atoms with Crippen molar-refractivity contribution in [2.45, 2.75) is 32.7 Å². The van der Waals surface area contributed by atoms with Crippen molar-refractivity contribution < 1.29 is 23.4 Å². The second-order valence-corrected chi connectivity index (χ2v) is 7.71. The second-order valence-electron chi connectivity index (χ2n) is 7.71. The first kappa shape index (κ1) is 18.9. The lowest BCUT2D eigenvalue weighted by Crippen LogP contribution is -2.30. The van der Waals surface area contributed by atoms with Gasteiger partial charge >= 0.3 is 0 Å². The van der Waals surface area contributed by atoms with Crippen LogP contribution in [0.15, 0.2) is 40.8 Å². The lowest BCUT2D eigenvalue weighted by Gasteiger charge is -2.26. The SMILES string of the molecule is CCOc1ccc2oc(C(=O)N3CCCC3c3ccc4c(c3)OCCO4)c(C)c2c1. The van der Waals surface area contributed by atoms with E-state index in [-0.39, 0.29) is 11.9 Å². The molecule has 1 saturated heterocycles. The average Bonchev–Trinajstić information content (AvgIpc) is 3.38. The van der Waals surface area contributed by atoms with E-state index in [0.29, 0.717) is 37.7 Å². The number of carbonyl (C=O) groups excluding carboxylic acids is 1. The van der Waals surface area contributed by atoms with Crippen LogP contribution in [0.1, 0.15) is 47.5 Å². The molecule has 2 aliphatic rings. The lowest BCUT2D eigenvalue weighted by atomic mass is 10.0. The van der Waals surface area contributed by atoms with Crippen LogP contribution in [0, 0.1) is 6.92 Å². The van der Waals surface area contributed by atoms with Gasteiger partial charge in [-0.15, -0.1) is 0 Å². The van der Waals surface area contributed by atoms with E-state index >= 15 is 0 Å². The molecule has 0 saturated carbocycles. The Morgan fingerprint density at radius 2 is 1.97 bits per heavy atom. The number of rotatable bonds is 4. The quantitative estimate of drug-likeness (QED) is 0.616. The summed E-state index contributed by atoms with van der Waals surface area (Å²) in [5, 5.41) is 0.916. The third kappa shape index (κ3) is 3.16. The third-order valence-corrected chi connectivity index (χ3v) is 5.88. The number of amides is 1. The van der Waals surface area contributed by atoms with Crippen LogP contribution in [0.3, 0.4) is 0 Å². The Bertz CT molecular complexity index is 1100. The normalized spacial score (nSPS) is 18.1. The maximum Gasteiger partial charge on any atom is 0.290 e. The fraction of sp³-hybridized carbons (Fsp3) is 0.375. The first-order chi connectivity index (χ1) is 14.7. The molecule has 5 rings (SSSR count). The molecule has 2 aromatic carbocycles. The molecule has 0 aliphatic carbocycles. The zero-order valence-electron chi connectivity index (χ0n) is 17.3. The number of nitrogens with zero attached hydrogens (tertiary/aromatic N) is 1. The van der Waals surface area contributed by atoms with Gasteiger partial charge in [-0.2, -0.15) is 0 Å². The fourth-order valence-electron chi connectivity index (χ4n) is 4.41. The molecule has 156 valence electrons. The van der Waals surface area contributed by atoms with E-state index in [1.54, 1.807) is 0 Å². The highest BCUT2D eigenvalue weighted by atomic mass is 16.6. The zero-order chi connectivity index (χ0) is 20.7. The molecule has 1 amide bonds. The number of likely N-dealkylation sites (tertiary alicyclic amines) is 1. The van der Waals surface area contributed by atoms with Crippen LogP contribution in [0.4, 0.5) is 0 Å². The first-order valence-electron chi connectivity index (χ1n) is 10.5. The van der Waals surface area contributed by atoms with Crippen molar-refractivity contribution in [1.29, 1.82) is 0 Å². The van der Waals surface area contributed by atoms with Crippen molar-refractivity contribution in [1.82, 2.24) is 4.90 Å². The number of ether oxygens (including phenoxy) is 3. The van der Waals surface area contributed by atoms with Crippen molar-refractivity contribution >= 4 is 16.9 Å². The molecule has 6 heteroatoms. The van der Waals surface area contributed by atoms with Gasteiger partial charge in [-0.3, -0.25) is 4.79 Å². The highest BCUT2D eigenvalue weighted by Crippen LogP contribution is 2.39. The maximum absolute atomic E-state index is 13.5. The van der Waals surface area contributed by atoms with Crippen LogP contribution in [-0.2, 0) is 0 Å². The van der Waals surface area contributed by atoms with Crippen LogP contribution in [0.5, 0.6) is 17.2 Å². The number of furan rings is 1. The van der Waals surface area contributed by atoms with Crippen LogP contribution in [0.2, 0.25) is 0 Å². The van der Waals surface area contributed by atoms with E-state index < -0.39 is 0 Å². The van der Waals surface area contributed by atoms with Gasteiger partial charge in [0.25, 0.3) is 5.91 Å². The highest BCUT2D eigenvalue weighted by Gasteiger charge is 2.34. The van der Waals surface area contributed by atoms with E-state index in [0.717, 1.165) is 46.6 Å². The predicted molar refractivity (Wildman–Crippen MR) is 113 cm³/mol. The van der Waals surface area contributed by atoms with E-state index in [4.69, 9.17) is 18.6 Å². The van der Waals surface area contributed by atoms with Gasteiger partial charge in [-0.1, -0.05) is 6.07 Å². The molecule has 1 fully saturated rings. The molecule has 6 nitrogen and oxygen atoms in total. The first-order valence-corrected chi connectivity index (χ1v) is 10.5. The molecule has 30 heavy (non-hydrogen) atoms. The zero-order valence-corrected chi connectivity index (χ0v) is 17.3. The summed E-state index contributed by atoms with van der Waals surface area (Å²) in [6.07, 6.45) is 1.87. The Labute approximate surface area is 175 Å². The number of fused-ring (bicyclic) bond motifs is 2. The number of hydrogen-bond donors (Lipinski definition) is 0. The van der Waals surface area contributed by atoms with Gasteiger partial charge in [-0.25, -0.2) is 0 Å². The Hall–Kier alpha value is -3.15. The summed E-state index contributed by atoms with van der Waals surface area (Å²) in [7, 11) is 0. The molecule has 0 N–H and O–H groups in total. The molecule has 0 radical (unpaired) electrons. The Kier molecular flexibility index (Phi) is 4.77. The number of aryl methyl sites for hydroxylation is 1.